The second-order valence-corrected chi connectivity index (χ2v) is 4.44. The van der Waals surface area contributed by atoms with Gasteiger partial charge in [0.25, 0.3) is 0 Å². The number of benzene rings is 1. The minimum absolute atomic E-state index is 0.148. The summed E-state index contributed by atoms with van der Waals surface area (Å²) in [5.74, 6) is -0.148. The SMILES string of the molecule is C[C@H]1CCCCN1Cc1ccc(F)cc1. The van der Waals surface area contributed by atoms with Crippen LogP contribution in [0, 0.1) is 5.82 Å². The first kappa shape index (κ1) is 10.6. The molecule has 2 heteroatoms. The molecule has 0 bridgehead atoms. The Bertz CT molecular complexity index is 307. The van der Waals surface area contributed by atoms with Gasteiger partial charge in [-0.3, -0.25) is 4.90 Å². The summed E-state index contributed by atoms with van der Waals surface area (Å²) in [6, 6.07) is 7.53. The highest BCUT2D eigenvalue weighted by Crippen LogP contribution is 2.19. The van der Waals surface area contributed by atoms with Gasteiger partial charge in [-0.05, 0) is 44.0 Å². The number of likely N-dealkylation sites (tertiary alicyclic amines) is 1. The summed E-state index contributed by atoms with van der Waals surface area (Å²) in [5.41, 5.74) is 1.21. The molecule has 1 aliphatic rings. The van der Waals surface area contributed by atoms with E-state index in [2.05, 4.69) is 11.8 Å². The molecule has 0 amide bonds. The van der Waals surface area contributed by atoms with E-state index in [0.29, 0.717) is 6.04 Å². The molecule has 1 aromatic rings. The average molecular weight is 207 g/mol. The van der Waals surface area contributed by atoms with Crippen LogP contribution in [0.4, 0.5) is 4.39 Å². The maximum Gasteiger partial charge on any atom is 0.123 e. The van der Waals surface area contributed by atoms with Crippen molar-refractivity contribution in [1.29, 1.82) is 0 Å². The van der Waals surface area contributed by atoms with E-state index in [4.69, 9.17) is 0 Å². The van der Waals surface area contributed by atoms with Crippen LogP contribution >= 0.6 is 0 Å². The predicted octanol–water partition coefficient (Wildman–Crippen LogP) is 3.20. The molecule has 1 atom stereocenters. The van der Waals surface area contributed by atoms with Crippen LogP contribution in [0.5, 0.6) is 0 Å². The largest absolute Gasteiger partial charge is 0.296 e. The quantitative estimate of drug-likeness (QED) is 0.720. The maximum atomic E-state index is 12.7. The topological polar surface area (TPSA) is 3.24 Å². The summed E-state index contributed by atoms with van der Waals surface area (Å²) < 4.78 is 12.7. The Hall–Kier alpha value is -0.890. The Kier molecular flexibility index (Phi) is 3.37. The van der Waals surface area contributed by atoms with Gasteiger partial charge in [0, 0.05) is 12.6 Å². The van der Waals surface area contributed by atoms with Gasteiger partial charge in [-0.25, -0.2) is 4.39 Å². The predicted molar refractivity (Wildman–Crippen MR) is 60.1 cm³/mol. The second kappa shape index (κ2) is 4.75. The zero-order chi connectivity index (χ0) is 10.7. The number of halogens is 1. The molecule has 1 aliphatic heterocycles. The number of nitrogens with zero attached hydrogens (tertiary/aromatic N) is 1. The standard InChI is InChI=1S/C13H18FN/c1-11-4-2-3-9-15(11)10-12-5-7-13(14)8-6-12/h5-8,11H,2-4,9-10H2,1H3/t11-/m0/s1. The fourth-order valence-corrected chi connectivity index (χ4v) is 2.22. The molecular formula is C13H18FN. The summed E-state index contributed by atoms with van der Waals surface area (Å²) in [7, 11) is 0. The lowest BCUT2D eigenvalue weighted by atomic mass is 10.0. The van der Waals surface area contributed by atoms with Crippen LogP contribution in [0.3, 0.4) is 0 Å². The lowest BCUT2D eigenvalue weighted by molar-refractivity contribution is 0.152. The van der Waals surface area contributed by atoms with E-state index < -0.39 is 0 Å². The van der Waals surface area contributed by atoms with Crippen molar-refractivity contribution in [3.63, 3.8) is 0 Å². The average Bonchev–Trinajstić information content (AvgIpc) is 2.25. The molecule has 0 aliphatic carbocycles. The van der Waals surface area contributed by atoms with Crippen molar-refractivity contribution in [3.05, 3.63) is 35.6 Å². The van der Waals surface area contributed by atoms with Crippen molar-refractivity contribution in [3.8, 4) is 0 Å². The van der Waals surface area contributed by atoms with Gasteiger partial charge in [0.15, 0.2) is 0 Å². The van der Waals surface area contributed by atoms with Crippen LogP contribution in [0.2, 0.25) is 0 Å². The number of piperidine rings is 1. The van der Waals surface area contributed by atoms with Crippen molar-refractivity contribution in [2.75, 3.05) is 6.54 Å². The third-order valence-corrected chi connectivity index (χ3v) is 3.24. The molecule has 1 heterocycles. The molecule has 1 aromatic carbocycles. The molecule has 15 heavy (non-hydrogen) atoms. The summed E-state index contributed by atoms with van der Waals surface area (Å²) in [6.07, 6.45) is 3.94. The van der Waals surface area contributed by atoms with Crippen molar-refractivity contribution < 1.29 is 4.39 Å². The van der Waals surface area contributed by atoms with Crippen LogP contribution in [0.25, 0.3) is 0 Å². The highest BCUT2D eigenvalue weighted by atomic mass is 19.1. The highest BCUT2D eigenvalue weighted by Gasteiger charge is 2.17. The van der Waals surface area contributed by atoms with E-state index in [-0.39, 0.29) is 5.82 Å². The number of hydrogen-bond acceptors (Lipinski definition) is 1. The molecule has 0 saturated carbocycles. The van der Waals surface area contributed by atoms with Gasteiger partial charge in [-0.2, -0.15) is 0 Å². The lowest BCUT2D eigenvalue weighted by Crippen LogP contribution is -2.36. The molecule has 0 unspecified atom stereocenters. The van der Waals surface area contributed by atoms with Crippen molar-refractivity contribution in [1.82, 2.24) is 4.90 Å². The highest BCUT2D eigenvalue weighted by molar-refractivity contribution is 5.16. The smallest absolute Gasteiger partial charge is 0.123 e. The van der Waals surface area contributed by atoms with Gasteiger partial charge in [0.05, 0.1) is 0 Å². The molecule has 0 aromatic heterocycles. The van der Waals surface area contributed by atoms with Crippen LogP contribution in [0.1, 0.15) is 31.7 Å². The van der Waals surface area contributed by atoms with Gasteiger partial charge in [0.2, 0.25) is 0 Å². The zero-order valence-corrected chi connectivity index (χ0v) is 9.25. The first-order chi connectivity index (χ1) is 7.25. The summed E-state index contributed by atoms with van der Waals surface area (Å²) in [6.45, 7) is 4.42. The van der Waals surface area contributed by atoms with E-state index in [1.54, 1.807) is 12.1 Å². The monoisotopic (exact) mass is 207 g/mol. The third-order valence-electron chi connectivity index (χ3n) is 3.24. The van der Waals surface area contributed by atoms with E-state index in [1.165, 1.54) is 31.4 Å². The first-order valence-electron chi connectivity index (χ1n) is 5.74. The summed E-state index contributed by atoms with van der Waals surface area (Å²) in [5, 5.41) is 0. The fraction of sp³-hybridized carbons (Fsp3) is 0.538. The lowest BCUT2D eigenvalue weighted by Gasteiger charge is -2.33. The van der Waals surface area contributed by atoms with Crippen LogP contribution < -0.4 is 0 Å². The molecule has 82 valence electrons. The van der Waals surface area contributed by atoms with Crippen LogP contribution in [-0.2, 0) is 6.54 Å². The van der Waals surface area contributed by atoms with E-state index in [0.717, 1.165) is 6.54 Å². The van der Waals surface area contributed by atoms with Crippen molar-refractivity contribution in [2.24, 2.45) is 0 Å². The normalized spacial score (nSPS) is 22.9. The molecule has 1 fully saturated rings. The molecule has 1 saturated heterocycles. The molecule has 0 N–H and O–H groups in total. The van der Waals surface area contributed by atoms with Crippen molar-refractivity contribution in [2.45, 2.75) is 38.8 Å². The first-order valence-corrected chi connectivity index (χ1v) is 5.74. The Morgan fingerprint density at radius 2 is 2.00 bits per heavy atom. The van der Waals surface area contributed by atoms with E-state index in [1.807, 2.05) is 12.1 Å². The van der Waals surface area contributed by atoms with Gasteiger partial charge in [-0.15, -0.1) is 0 Å². The van der Waals surface area contributed by atoms with Gasteiger partial charge >= 0.3 is 0 Å². The van der Waals surface area contributed by atoms with Gasteiger partial charge < -0.3 is 0 Å². The Morgan fingerprint density at radius 3 is 2.67 bits per heavy atom. The molecular weight excluding hydrogens is 189 g/mol. The Balaban J connectivity index is 1.98. The van der Waals surface area contributed by atoms with Crippen molar-refractivity contribution >= 4 is 0 Å². The second-order valence-electron chi connectivity index (χ2n) is 4.44. The summed E-state index contributed by atoms with van der Waals surface area (Å²) >= 11 is 0. The number of hydrogen-bond donors (Lipinski definition) is 0. The van der Waals surface area contributed by atoms with Crippen LogP contribution in [0.15, 0.2) is 24.3 Å². The number of rotatable bonds is 2. The van der Waals surface area contributed by atoms with Gasteiger partial charge in [-0.1, -0.05) is 18.6 Å². The maximum absolute atomic E-state index is 12.7. The minimum atomic E-state index is -0.148. The van der Waals surface area contributed by atoms with Gasteiger partial charge in [0.1, 0.15) is 5.82 Å². The van der Waals surface area contributed by atoms with E-state index in [9.17, 15) is 4.39 Å². The van der Waals surface area contributed by atoms with Crippen LogP contribution in [-0.4, -0.2) is 17.5 Å². The minimum Gasteiger partial charge on any atom is -0.296 e. The van der Waals surface area contributed by atoms with E-state index >= 15 is 0 Å². The summed E-state index contributed by atoms with van der Waals surface area (Å²) in [4.78, 5) is 2.48. The molecule has 1 nitrogen and oxygen atoms in total. The Labute approximate surface area is 90.9 Å². The fourth-order valence-electron chi connectivity index (χ4n) is 2.22. The molecule has 0 radical (unpaired) electrons. The zero-order valence-electron chi connectivity index (χ0n) is 9.25. The third kappa shape index (κ3) is 2.78. The molecule has 0 spiro atoms. The molecule has 2 rings (SSSR count). The Morgan fingerprint density at radius 1 is 1.27 bits per heavy atom.